The number of hydrogen-bond donors (Lipinski definition) is 2. The largest absolute Gasteiger partial charge is 0.494 e. The van der Waals surface area contributed by atoms with Crippen LogP contribution in [0.5, 0.6) is 5.75 Å². The molecule has 0 radical (unpaired) electrons. The third kappa shape index (κ3) is 3.35. The lowest BCUT2D eigenvalue weighted by molar-refractivity contribution is 0.340. The van der Waals surface area contributed by atoms with Gasteiger partial charge in [-0.15, -0.1) is 0 Å². The molecule has 0 amide bonds. The number of ether oxygens (including phenoxy) is 1. The fourth-order valence-corrected chi connectivity index (χ4v) is 2.02. The Morgan fingerprint density at radius 1 is 1.26 bits per heavy atom. The molecule has 102 valence electrons. The zero-order valence-electron chi connectivity index (χ0n) is 11.5. The minimum absolute atomic E-state index is 0.0125. The molecule has 4 heteroatoms. The highest BCUT2D eigenvalue weighted by atomic mass is 16.5. The van der Waals surface area contributed by atoms with E-state index in [0.29, 0.717) is 6.61 Å². The van der Waals surface area contributed by atoms with Gasteiger partial charge in [0.2, 0.25) is 0 Å². The quantitative estimate of drug-likeness (QED) is 0.836. The number of aromatic nitrogens is 2. The van der Waals surface area contributed by atoms with Crippen LogP contribution < -0.4 is 10.5 Å². The second-order valence-corrected chi connectivity index (χ2v) is 4.53. The van der Waals surface area contributed by atoms with Crippen molar-refractivity contribution in [3.8, 4) is 17.0 Å². The average molecular weight is 259 g/mol. The molecule has 1 aromatic carbocycles. The van der Waals surface area contributed by atoms with Gasteiger partial charge in [0.1, 0.15) is 11.6 Å². The van der Waals surface area contributed by atoms with E-state index in [9.17, 15) is 0 Å². The number of benzene rings is 1. The van der Waals surface area contributed by atoms with Crippen LogP contribution in [0.4, 0.5) is 0 Å². The third-order valence-electron chi connectivity index (χ3n) is 3.02. The maximum Gasteiger partial charge on any atom is 0.123 e. The smallest absolute Gasteiger partial charge is 0.123 e. The zero-order valence-corrected chi connectivity index (χ0v) is 11.5. The number of aromatic amines is 1. The second-order valence-electron chi connectivity index (χ2n) is 4.53. The van der Waals surface area contributed by atoms with E-state index in [1.807, 2.05) is 37.4 Å². The van der Waals surface area contributed by atoms with Crippen molar-refractivity contribution in [1.82, 2.24) is 9.97 Å². The van der Waals surface area contributed by atoms with E-state index in [-0.39, 0.29) is 6.04 Å². The summed E-state index contributed by atoms with van der Waals surface area (Å²) in [6.07, 6.45) is 3.83. The van der Waals surface area contributed by atoms with Crippen LogP contribution in [0.15, 0.2) is 30.5 Å². The van der Waals surface area contributed by atoms with Gasteiger partial charge in [-0.2, -0.15) is 0 Å². The lowest BCUT2D eigenvalue weighted by Crippen LogP contribution is -2.11. The molecule has 0 fully saturated rings. The molecule has 1 unspecified atom stereocenters. The van der Waals surface area contributed by atoms with Gasteiger partial charge in [0, 0.05) is 0 Å². The van der Waals surface area contributed by atoms with Gasteiger partial charge in [-0.1, -0.05) is 13.3 Å². The van der Waals surface area contributed by atoms with Gasteiger partial charge < -0.3 is 15.5 Å². The van der Waals surface area contributed by atoms with Gasteiger partial charge in [0.05, 0.1) is 24.5 Å². The average Bonchev–Trinajstić information content (AvgIpc) is 2.90. The Labute approximate surface area is 114 Å². The Kier molecular flexibility index (Phi) is 4.58. The maximum absolute atomic E-state index is 6.05. The second kappa shape index (κ2) is 6.38. The zero-order chi connectivity index (χ0) is 13.7. The summed E-state index contributed by atoms with van der Waals surface area (Å²) >= 11 is 0. The number of hydrogen-bond acceptors (Lipinski definition) is 3. The van der Waals surface area contributed by atoms with Crippen LogP contribution in [0, 0.1) is 0 Å². The van der Waals surface area contributed by atoms with Gasteiger partial charge >= 0.3 is 0 Å². The predicted molar refractivity (Wildman–Crippen MR) is 77.0 cm³/mol. The number of nitrogens with one attached hydrogen (secondary N) is 1. The van der Waals surface area contributed by atoms with Crippen LogP contribution in [-0.4, -0.2) is 16.6 Å². The van der Waals surface area contributed by atoms with E-state index in [0.717, 1.165) is 35.7 Å². The van der Waals surface area contributed by atoms with Gasteiger partial charge in [0.25, 0.3) is 0 Å². The van der Waals surface area contributed by atoms with Crippen molar-refractivity contribution in [3.05, 3.63) is 36.3 Å². The summed E-state index contributed by atoms with van der Waals surface area (Å²) in [6.45, 7) is 4.78. The van der Waals surface area contributed by atoms with Gasteiger partial charge in [-0.05, 0) is 43.2 Å². The van der Waals surface area contributed by atoms with Crippen LogP contribution in [0.25, 0.3) is 11.3 Å². The Morgan fingerprint density at radius 2 is 2.00 bits per heavy atom. The molecular formula is C15H21N3O. The van der Waals surface area contributed by atoms with Crippen LogP contribution >= 0.6 is 0 Å². The molecule has 0 aliphatic carbocycles. The topological polar surface area (TPSA) is 63.9 Å². The van der Waals surface area contributed by atoms with Crippen molar-refractivity contribution in [2.24, 2.45) is 5.73 Å². The maximum atomic E-state index is 6.05. The van der Waals surface area contributed by atoms with Crippen molar-refractivity contribution in [2.45, 2.75) is 32.7 Å². The van der Waals surface area contributed by atoms with Crippen LogP contribution in [0.3, 0.4) is 0 Å². The molecule has 0 aliphatic heterocycles. The lowest BCUT2D eigenvalue weighted by Gasteiger charge is -2.06. The molecule has 0 saturated carbocycles. The lowest BCUT2D eigenvalue weighted by atomic mass is 10.1. The number of nitrogens with two attached hydrogens (primary N) is 1. The molecule has 19 heavy (non-hydrogen) atoms. The van der Waals surface area contributed by atoms with E-state index in [4.69, 9.17) is 10.5 Å². The first kappa shape index (κ1) is 13.6. The van der Waals surface area contributed by atoms with E-state index in [1.165, 1.54) is 0 Å². The van der Waals surface area contributed by atoms with Crippen LogP contribution in [0.2, 0.25) is 0 Å². The summed E-state index contributed by atoms with van der Waals surface area (Å²) in [5.41, 5.74) is 8.13. The van der Waals surface area contributed by atoms with Gasteiger partial charge in [0.15, 0.2) is 0 Å². The first-order chi connectivity index (χ1) is 9.24. The van der Waals surface area contributed by atoms with Crippen molar-refractivity contribution >= 4 is 0 Å². The van der Waals surface area contributed by atoms with E-state index >= 15 is 0 Å². The Balaban J connectivity index is 2.13. The molecule has 2 rings (SSSR count). The number of rotatable bonds is 6. The van der Waals surface area contributed by atoms with Gasteiger partial charge in [-0.3, -0.25) is 0 Å². The molecule has 1 heterocycles. The molecule has 0 spiro atoms. The molecular weight excluding hydrogens is 238 g/mol. The SMILES string of the molecule is CCCC(N)c1ncc(-c2ccc(OCC)cc2)[nH]1. The summed E-state index contributed by atoms with van der Waals surface area (Å²) < 4.78 is 5.43. The summed E-state index contributed by atoms with van der Waals surface area (Å²) in [5.74, 6) is 1.74. The van der Waals surface area contributed by atoms with Crippen molar-refractivity contribution in [1.29, 1.82) is 0 Å². The first-order valence-electron chi connectivity index (χ1n) is 6.78. The van der Waals surface area contributed by atoms with E-state index < -0.39 is 0 Å². The normalized spacial score (nSPS) is 12.4. The molecule has 0 saturated heterocycles. The minimum atomic E-state index is -0.0125. The Hall–Kier alpha value is -1.81. The summed E-state index contributed by atoms with van der Waals surface area (Å²) in [7, 11) is 0. The fourth-order valence-electron chi connectivity index (χ4n) is 2.02. The predicted octanol–water partition coefficient (Wildman–Crippen LogP) is 3.28. The minimum Gasteiger partial charge on any atom is -0.494 e. The number of H-pyrrole nitrogens is 1. The number of nitrogens with zero attached hydrogens (tertiary/aromatic N) is 1. The van der Waals surface area contributed by atoms with E-state index in [1.54, 1.807) is 0 Å². The van der Waals surface area contributed by atoms with E-state index in [2.05, 4.69) is 16.9 Å². The first-order valence-corrected chi connectivity index (χ1v) is 6.78. The summed E-state index contributed by atoms with van der Waals surface area (Å²) in [4.78, 5) is 7.65. The van der Waals surface area contributed by atoms with Crippen molar-refractivity contribution in [2.75, 3.05) is 6.61 Å². The molecule has 1 atom stereocenters. The highest BCUT2D eigenvalue weighted by molar-refractivity contribution is 5.59. The molecule has 0 bridgehead atoms. The Bertz CT molecular complexity index is 504. The molecule has 3 N–H and O–H groups in total. The fraction of sp³-hybridized carbons (Fsp3) is 0.400. The summed E-state index contributed by atoms with van der Waals surface area (Å²) in [5, 5.41) is 0. The molecule has 1 aromatic heterocycles. The van der Waals surface area contributed by atoms with Crippen molar-refractivity contribution in [3.63, 3.8) is 0 Å². The van der Waals surface area contributed by atoms with Crippen LogP contribution in [0.1, 0.15) is 38.6 Å². The monoisotopic (exact) mass is 259 g/mol. The Morgan fingerprint density at radius 3 is 2.63 bits per heavy atom. The highest BCUT2D eigenvalue weighted by Crippen LogP contribution is 2.22. The van der Waals surface area contributed by atoms with Gasteiger partial charge in [-0.25, -0.2) is 4.98 Å². The molecule has 4 nitrogen and oxygen atoms in total. The third-order valence-corrected chi connectivity index (χ3v) is 3.02. The molecule has 0 aliphatic rings. The summed E-state index contributed by atoms with van der Waals surface area (Å²) in [6, 6.07) is 7.96. The number of imidazole rings is 1. The highest BCUT2D eigenvalue weighted by Gasteiger charge is 2.10. The van der Waals surface area contributed by atoms with Crippen LogP contribution in [-0.2, 0) is 0 Å². The molecule has 2 aromatic rings. The standard InChI is InChI=1S/C15H21N3O/c1-3-5-13(16)15-17-10-14(18-15)11-6-8-12(9-7-11)19-4-2/h6-10,13H,3-5,16H2,1-2H3,(H,17,18). The van der Waals surface area contributed by atoms with Crippen molar-refractivity contribution < 1.29 is 4.74 Å².